The molecule has 2 amide bonds. The third-order valence-electron chi connectivity index (χ3n) is 4.52. The van der Waals surface area contributed by atoms with Gasteiger partial charge in [0, 0.05) is 12.1 Å². The van der Waals surface area contributed by atoms with Gasteiger partial charge >= 0.3 is 0 Å². The number of aromatic hydroxyl groups is 1. The summed E-state index contributed by atoms with van der Waals surface area (Å²) in [5, 5.41) is 9.44. The molecule has 0 unspecified atom stereocenters. The van der Waals surface area contributed by atoms with Crippen molar-refractivity contribution in [2.75, 3.05) is 16.3 Å². The number of fused-ring (bicyclic) bond motifs is 1. The molecule has 1 N–H and O–H groups in total. The molecule has 5 nitrogen and oxygen atoms in total. The second-order valence-electron chi connectivity index (χ2n) is 6.27. The highest BCUT2D eigenvalue weighted by atomic mass is 19.1. The van der Waals surface area contributed by atoms with Crippen molar-refractivity contribution in [3.05, 3.63) is 53.8 Å². The molecule has 0 spiro atoms. The van der Waals surface area contributed by atoms with Gasteiger partial charge < -0.3 is 10.0 Å². The molecular formula is C20H21FN2O3. The predicted molar refractivity (Wildman–Crippen MR) is 98.0 cm³/mol. The molecule has 0 saturated carbocycles. The van der Waals surface area contributed by atoms with Gasteiger partial charge in [-0.2, -0.15) is 0 Å². The van der Waals surface area contributed by atoms with E-state index in [0.717, 1.165) is 6.42 Å². The Morgan fingerprint density at radius 1 is 1.12 bits per heavy atom. The summed E-state index contributed by atoms with van der Waals surface area (Å²) in [5.74, 6) is -0.981. The first kappa shape index (κ1) is 17.9. The molecular weight excluding hydrogens is 335 g/mol. The number of hydrogen-bond acceptors (Lipinski definition) is 3. The van der Waals surface area contributed by atoms with Crippen LogP contribution in [-0.4, -0.2) is 29.5 Å². The van der Waals surface area contributed by atoms with Crippen LogP contribution in [0.4, 0.5) is 15.8 Å². The lowest BCUT2D eigenvalue weighted by Crippen LogP contribution is -2.55. The highest BCUT2D eigenvalue weighted by Gasteiger charge is 2.40. The molecule has 0 saturated heterocycles. The number of anilines is 2. The number of carbonyl (C=O) groups is 2. The first-order valence-corrected chi connectivity index (χ1v) is 8.71. The van der Waals surface area contributed by atoms with Gasteiger partial charge in [0.1, 0.15) is 17.6 Å². The van der Waals surface area contributed by atoms with Crippen LogP contribution in [0.5, 0.6) is 5.75 Å². The van der Waals surface area contributed by atoms with E-state index in [2.05, 4.69) is 0 Å². The van der Waals surface area contributed by atoms with Crippen molar-refractivity contribution < 1.29 is 19.1 Å². The third-order valence-corrected chi connectivity index (χ3v) is 4.52. The van der Waals surface area contributed by atoms with Crippen LogP contribution >= 0.6 is 0 Å². The highest BCUT2D eigenvalue weighted by Crippen LogP contribution is 2.38. The van der Waals surface area contributed by atoms with Gasteiger partial charge in [-0.25, -0.2) is 4.39 Å². The molecule has 3 rings (SSSR count). The van der Waals surface area contributed by atoms with Gasteiger partial charge in [0.25, 0.3) is 5.91 Å². The Kier molecular flexibility index (Phi) is 4.93. The Bertz CT molecular complexity index is 835. The Morgan fingerprint density at radius 2 is 1.81 bits per heavy atom. The van der Waals surface area contributed by atoms with Crippen LogP contribution in [0.3, 0.4) is 0 Å². The van der Waals surface area contributed by atoms with Crippen molar-refractivity contribution in [1.29, 1.82) is 0 Å². The largest absolute Gasteiger partial charge is 0.508 e. The molecule has 1 atom stereocenters. The first-order chi connectivity index (χ1) is 12.5. The van der Waals surface area contributed by atoms with Gasteiger partial charge in [0.15, 0.2) is 0 Å². The standard InChI is InChI=1S/C20H21FN2O3/c1-3-11-22-17-10-7-14(21)12-18(17)23(16(4-2)20(22)26)19(25)13-5-8-15(24)9-6-13/h5-10,12,16,24H,3-4,11H2,1-2H3/t16-/m0/s1. The van der Waals surface area contributed by atoms with Crippen LogP contribution in [0.2, 0.25) is 0 Å². The van der Waals surface area contributed by atoms with Crippen molar-refractivity contribution in [3.63, 3.8) is 0 Å². The summed E-state index contributed by atoms with van der Waals surface area (Å²) in [7, 11) is 0. The van der Waals surface area contributed by atoms with Crippen LogP contribution in [-0.2, 0) is 4.79 Å². The van der Waals surface area contributed by atoms with Gasteiger partial charge in [-0.15, -0.1) is 0 Å². The Labute approximate surface area is 151 Å². The number of halogens is 1. The number of phenolic OH excluding ortho intramolecular Hbond substituents is 1. The van der Waals surface area contributed by atoms with E-state index in [4.69, 9.17) is 0 Å². The summed E-state index contributed by atoms with van der Waals surface area (Å²) in [6, 6.07) is 9.25. The fourth-order valence-electron chi connectivity index (χ4n) is 3.30. The van der Waals surface area contributed by atoms with E-state index >= 15 is 0 Å². The number of benzene rings is 2. The van der Waals surface area contributed by atoms with Gasteiger partial charge in [-0.1, -0.05) is 13.8 Å². The molecule has 0 radical (unpaired) electrons. The van der Waals surface area contributed by atoms with Gasteiger partial charge in [-0.3, -0.25) is 14.5 Å². The maximum absolute atomic E-state index is 14.0. The summed E-state index contributed by atoms with van der Waals surface area (Å²) in [6.45, 7) is 4.30. The maximum atomic E-state index is 14.0. The van der Waals surface area contributed by atoms with Crippen molar-refractivity contribution in [1.82, 2.24) is 0 Å². The SMILES string of the molecule is CCCN1C(=O)[C@H](CC)N(C(=O)c2ccc(O)cc2)c2cc(F)ccc21. The lowest BCUT2D eigenvalue weighted by atomic mass is 10.0. The first-order valence-electron chi connectivity index (χ1n) is 8.71. The lowest BCUT2D eigenvalue weighted by molar-refractivity contribution is -0.120. The Balaban J connectivity index is 2.14. The van der Waals surface area contributed by atoms with Crippen molar-refractivity contribution >= 4 is 23.2 Å². The van der Waals surface area contributed by atoms with Crippen molar-refractivity contribution in [3.8, 4) is 5.75 Å². The second kappa shape index (κ2) is 7.15. The second-order valence-corrected chi connectivity index (χ2v) is 6.27. The van der Waals surface area contributed by atoms with E-state index in [1.807, 2.05) is 13.8 Å². The minimum Gasteiger partial charge on any atom is -0.508 e. The minimum atomic E-state index is -0.697. The van der Waals surface area contributed by atoms with Crippen LogP contribution in [0, 0.1) is 5.82 Å². The van der Waals surface area contributed by atoms with Gasteiger partial charge in [-0.05, 0) is 55.3 Å². The van der Waals surface area contributed by atoms with Gasteiger partial charge in [0.05, 0.1) is 11.4 Å². The van der Waals surface area contributed by atoms with E-state index in [1.165, 1.54) is 41.3 Å². The van der Waals surface area contributed by atoms with E-state index in [0.29, 0.717) is 29.9 Å². The number of amides is 2. The number of hydrogen-bond donors (Lipinski definition) is 1. The molecule has 136 valence electrons. The van der Waals surface area contributed by atoms with E-state index in [1.54, 1.807) is 11.0 Å². The smallest absolute Gasteiger partial charge is 0.259 e. The van der Waals surface area contributed by atoms with Crippen molar-refractivity contribution in [2.45, 2.75) is 32.7 Å². The fraction of sp³-hybridized carbons (Fsp3) is 0.300. The normalized spacial score (nSPS) is 16.6. The molecule has 26 heavy (non-hydrogen) atoms. The number of rotatable bonds is 4. The molecule has 1 aliphatic rings. The van der Waals surface area contributed by atoms with Crippen molar-refractivity contribution in [2.24, 2.45) is 0 Å². The summed E-state index contributed by atoms with van der Waals surface area (Å²) in [6.07, 6.45) is 1.17. The molecule has 0 aromatic heterocycles. The third kappa shape index (κ3) is 3.03. The topological polar surface area (TPSA) is 60.9 Å². The van der Waals surface area contributed by atoms with E-state index in [9.17, 15) is 19.1 Å². The molecule has 2 aromatic rings. The monoisotopic (exact) mass is 356 g/mol. The molecule has 6 heteroatoms. The van der Waals surface area contributed by atoms with E-state index in [-0.39, 0.29) is 11.7 Å². The fourth-order valence-corrected chi connectivity index (χ4v) is 3.30. The summed E-state index contributed by atoms with van der Waals surface area (Å²) < 4.78 is 14.0. The minimum absolute atomic E-state index is 0.0453. The molecule has 2 aromatic carbocycles. The number of phenols is 1. The molecule has 0 bridgehead atoms. The zero-order valence-corrected chi connectivity index (χ0v) is 14.8. The zero-order chi connectivity index (χ0) is 18.8. The number of nitrogens with zero attached hydrogens (tertiary/aromatic N) is 2. The predicted octanol–water partition coefficient (Wildman–Crippen LogP) is 3.71. The highest BCUT2D eigenvalue weighted by molar-refractivity contribution is 6.17. The van der Waals surface area contributed by atoms with Crippen LogP contribution in [0.15, 0.2) is 42.5 Å². The van der Waals surface area contributed by atoms with Crippen LogP contribution in [0.1, 0.15) is 37.0 Å². The van der Waals surface area contributed by atoms with Gasteiger partial charge in [0.2, 0.25) is 5.91 Å². The Morgan fingerprint density at radius 3 is 2.42 bits per heavy atom. The average molecular weight is 356 g/mol. The van der Waals surface area contributed by atoms with Crippen LogP contribution in [0.25, 0.3) is 0 Å². The maximum Gasteiger partial charge on any atom is 0.259 e. The summed E-state index contributed by atoms with van der Waals surface area (Å²) in [4.78, 5) is 29.1. The quantitative estimate of drug-likeness (QED) is 0.908. The molecule has 0 aliphatic carbocycles. The van der Waals surface area contributed by atoms with E-state index < -0.39 is 17.8 Å². The summed E-state index contributed by atoms with van der Waals surface area (Å²) >= 11 is 0. The Hall–Kier alpha value is -2.89. The average Bonchev–Trinajstić information content (AvgIpc) is 2.63. The molecule has 1 aliphatic heterocycles. The molecule has 1 heterocycles. The van der Waals surface area contributed by atoms with Crippen LogP contribution < -0.4 is 9.80 Å². The molecule has 0 fully saturated rings. The number of carbonyl (C=O) groups excluding carboxylic acids is 2. The lowest BCUT2D eigenvalue weighted by Gasteiger charge is -2.41. The summed E-state index contributed by atoms with van der Waals surface area (Å²) in [5.41, 5.74) is 1.26. The zero-order valence-electron chi connectivity index (χ0n) is 14.8.